The lowest BCUT2D eigenvalue weighted by Crippen LogP contribution is -2.42. The van der Waals surface area contributed by atoms with E-state index in [0.29, 0.717) is 70.5 Å². The molecule has 4 rings (SSSR count). The molecule has 7 atom stereocenters. The van der Waals surface area contributed by atoms with Gasteiger partial charge in [-0.2, -0.15) is 11.8 Å². The summed E-state index contributed by atoms with van der Waals surface area (Å²) in [6.45, 7) is 12.8. The van der Waals surface area contributed by atoms with Crippen LogP contribution in [0.2, 0.25) is 0 Å². The van der Waals surface area contributed by atoms with Crippen LogP contribution in [0, 0.1) is 0 Å². The molecule has 0 radical (unpaired) electrons. The lowest BCUT2D eigenvalue weighted by atomic mass is 9.97. The van der Waals surface area contributed by atoms with Crippen LogP contribution in [0.25, 0.3) is 0 Å². The van der Waals surface area contributed by atoms with E-state index in [2.05, 4.69) is 50.6 Å². The van der Waals surface area contributed by atoms with Gasteiger partial charge < -0.3 is 50.4 Å². The second-order valence-corrected chi connectivity index (χ2v) is 20.1. The summed E-state index contributed by atoms with van der Waals surface area (Å²) >= 11 is 3.38. The Morgan fingerprint density at radius 1 is 0.940 bits per heavy atom. The predicted octanol–water partition coefficient (Wildman–Crippen LogP) is 5.28. The number of aromatic nitrogens is 1. The minimum Gasteiger partial charge on any atom is -0.462 e. The van der Waals surface area contributed by atoms with Gasteiger partial charge in [-0.25, -0.2) is 14.6 Å². The number of thioether (sulfide) groups is 1. The number of nitrogens with one attached hydrogen (secondary N) is 5. The first-order chi connectivity index (χ1) is 32.1. The largest absolute Gasteiger partial charge is 0.462 e. The summed E-state index contributed by atoms with van der Waals surface area (Å²) in [5, 5.41) is 18.2. The normalized spacial score (nSPS) is 25.8. The van der Waals surface area contributed by atoms with E-state index >= 15 is 0 Å². The van der Waals surface area contributed by atoms with Crippen molar-refractivity contribution >= 4 is 52.9 Å². The highest BCUT2D eigenvalue weighted by molar-refractivity contribution is 8.00. The van der Waals surface area contributed by atoms with E-state index in [9.17, 15) is 24.0 Å². The molecule has 4 amide bonds. The number of urea groups is 1. The molecule has 0 aliphatic carbocycles. The minimum atomic E-state index is -0.544. The Hall–Kier alpha value is -4.33. The van der Waals surface area contributed by atoms with E-state index in [1.165, 1.54) is 17.4 Å². The number of hydrogen-bond donors (Lipinski definition) is 5. The zero-order valence-corrected chi connectivity index (χ0v) is 42.2. The Morgan fingerprint density at radius 2 is 1.67 bits per heavy atom. The third kappa shape index (κ3) is 22.6. The Bertz CT molecular complexity index is 1910. The molecule has 3 aliphatic rings. The number of unbranched alkanes of at least 4 members (excludes halogenated alkanes) is 1. The van der Waals surface area contributed by atoms with Crippen LogP contribution in [-0.2, 0) is 44.5 Å². The van der Waals surface area contributed by atoms with Gasteiger partial charge in [-0.15, -0.1) is 11.3 Å². The number of cyclic esters (lactones) is 2. The van der Waals surface area contributed by atoms with Crippen LogP contribution in [0.1, 0.15) is 96.2 Å². The first-order valence-electron chi connectivity index (χ1n) is 23.6. The topological polar surface area (TPSA) is 199 Å². The number of fused-ring (bicyclic) bond motifs is 3. The number of esters is 2. The van der Waals surface area contributed by atoms with Crippen LogP contribution in [0.4, 0.5) is 4.79 Å². The van der Waals surface area contributed by atoms with Crippen LogP contribution in [0.5, 0.6) is 0 Å². The van der Waals surface area contributed by atoms with Gasteiger partial charge in [0.2, 0.25) is 11.8 Å². The van der Waals surface area contributed by atoms with Gasteiger partial charge in [-0.1, -0.05) is 60.4 Å². The average Bonchev–Trinajstić information content (AvgIpc) is 3.99. The number of carbonyl (C=O) groups is 5. The second kappa shape index (κ2) is 30.2. The molecule has 2 saturated heterocycles. The Labute approximate surface area is 406 Å². The van der Waals surface area contributed by atoms with Crippen molar-refractivity contribution in [3.05, 3.63) is 75.3 Å². The lowest BCUT2D eigenvalue weighted by Gasteiger charge is -2.22. The molecule has 2 bridgehead atoms. The van der Waals surface area contributed by atoms with Crippen LogP contribution in [0.3, 0.4) is 0 Å². The molecule has 1 aromatic heterocycles. The van der Waals surface area contributed by atoms with Crippen LogP contribution >= 0.6 is 23.1 Å². The summed E-state index contributed by atoms with van der Waals surface area (Å²) in [6, 6.07) is -0.0349. The molecule has 5 N–H and O–H groups in total. The van der Waals surface area contributed by atoms with Crippen molar-refractivity contribution in [2.45, 2.75) is 127 Å². The molecule has 3 aliphatic heterocycles. The fourth-order valence-electron chi connectivity index (χ4n) is 7.77. The number of ether oxygens (including phenoxy) is 4. The standard InChI is InChI=1S/C49H75N7O9S2/c1-33(17-20-56(6)7)15-16-35(3)26-39-29-45-53-40(31-67-45)36(4)27-38(28-47(60)64-37(5)25-34(2)11-10-14-46(59)65-39)52-30-44(58)51-19-22-63-24-23-62-21-18-50-43(57)13-9-8-12-42-48-41(32-66-42)54-49(61)55-48/h10-11,14-17,26,31,36-39,41-42,48,52H,8-9,12-13,18-25,27-30,32H2,1-7H3,(H,50,57)(H,51,58)(H2,54,55,61)/b14-10-,16-15+,33-17+,34-11+,35-26+/t36-,37-,38?,39?,41-,42-,48-/m0/s1. The Kier molecular flexibility index (Phi) is 24.9. The Balaban J connectivity index is 1.18. The van der Waals surface area contributed by atoms with Crippen molar-refractivity contribution in [2.24, 2.45) is 0 Å². The molecule has 0 spiro atoms. The monoisotopic (exact) mass is 970 g/mol. The molecule has 18 heteroatoms. The van der Waals surface area contributed by atoms with Gasteiger partial charge in [0.1, 0.15) is 12.2 Å². The summed E-state index contributed by atoms with van der Waals surface area (Å²) < 4.78 is 22.9. The van der Waals surface area contributed by atoms with Gasteiger partial charge in [0.25, 0.3) is 0 Å². The van der Waals surface area contributed by atoms with Gasteiger partial charge >= 0.3 is 18.0 Å². The average molecular weight is 970 g/mol. The van der Waals surface area contributed by atoms with Gasteiger partial charge in [0.05, 0.1) is 62.2 Å². The van der Waals surface area contributed by atoms with Crippen LogP contribution in [-0.4, -0.2) is 148 Å². The van der Waals surface area contributed by atoms with Crippen LogP contribution in [0.15, 0.2) is 64.6 Å². The number of nitrogens with zero attached hydrogens (tertiary/aromatic N) is 2. The third-order valence-corrected chi connectivity index (χ3v) is 13.7. The minimum absolute atomic E-state index is 0.00152. The number of likely N-dealkylation sites (N-methyl/N-ethyl adjacent to an activating group) is 1. The highest BCUT2D eigenvalue weighted by Gasteiger charge is 2.42. The summed E-state index contributed by atoms with van der Waals surface area (Å²) in [6.07, 6.45) is 16.8. The zero-order chi connectivity index (χ0) is 48.6. The van der Waals surface area contributed by atoms with Crippen molar-refractivity contribution in [1.82, 2.24) is 36.5 Å². The first kappa shape index (κ1) is 55.3. The number of hydrogen-bond acceptors (Lipinski definition) is 14. The number of rotatable bonds is 22. The quantitative estimate of drug-likeness (QED) is 0.0436. The van der Waals surface area contributed by atoms with Gasteiger partial charge in [-0.3, -0.25) is 14.4 Å². The summed E-state index contributed by atoms with van der Waals surface area (Å²) in [4.78, 5) is 69.9. The Morgan fingerprint density at radius 3 is 2.42 bits per heavy atom. The van der Waals surface area contributed by atoms with Crippen molar-refractivity contribution in [3.8, 4) is 0 Å². The lowest BCUT2D eigenvalue weighted by molar-refractivity contribution is -0.149. The van der Waals surface area contributed by atoms with E-state index in [1.54, 1.807) is 6.08 Å². The van der Waals surface area contributed by atoms with Gasteiger partial charge in [0.15, 0.2) is 0 Å². The number of allylic oxidation sites excluding steroid dienone is 6. The van der Waals surface area contributed by atoms with E-state index < -0.39 is 18.2 Å². The maximum absolute atomic E-state index is 13.2. The fraction of sp³-hybridized carbons (Fsp3) is 0.633. The first-order valence-corrected chi connectivity index (χ1v) is 25.5. The van der Waals surface area contributed by atoms with E-state index in [0.717, 1.165) is 59.0 Å². The van der Waals surface area contributed by atoms with Gasteiger partial charge in [0, 0.05) is 73.3 Å². The molecule has 372 valence electrons. The molecule has 0 aromatic carbocycles. The summed E-state index contributed by atoms with van der Waals surface area (Å²) in [5.41, 5.74) is 3.88. The number of carbonyl (C=O) groups excluding carboxylic acids is 5. The molecule has 16 nitrogen and oxygen atoms in total. The highest BCUT2D eigenvalue weighted by atomic mass is 32.2. The maximum Gasteiger partial charge on any atom is 0.331 e. The molecule has 1 aromatic rings. The predicted molar refractivity (Wildman–Crippen MR) is 265 cm³/mol. The highest BCUT2D eigenvalue weighted by Crippen LogP contribution is 2.33. The van der Waals surface area contributed by atoms with E-state index in [1.807, 2.05) is 77.2 Å². The second-order valence-electron chi connectivity index (χ2n) is 17.9. The smallest absolute Gasteiger partial charge is 0.331 e. The van der Waals surface area contributed by atoms with Gasteiger partial charge in [-0.05, 0) is 67.1 Å². The van der Waals surface area contributed by atoms with Crippen molar-refractivity contribution < 1.29 is 42.9 Å². The maximum atomic E-state index is 13.2. The number of thiazole rings is 1. The third-order valence-electron chi connectivity index (χ3n) is 11.3. The SMILES string of the molecule is CC(/C=C/C(C)=C/C1Cc2nc(cs2)[C@@H](C)CC(NCC(=O)NCCOCCOCCNC(=O)CCCC[C@@H]2SC[C@@H]3NC(=O)N[C@@H]32)CC(=O)O[C@@H](C)C/C(C)=C/C=C\C(=O)O1)=C\CN(C)C. The zero-order valence-electron chi connectivity index (χ0n) is 40.6. The van der Waals surface area contributed by atoms with Crippen molar-refractivity contribution in [2.75, 3.05) is 72.5 Å². The molecular formula is C49H75N7O9S2. The summed E-state index contributed by atoms with van der Waals surface area (Å²) in [7, 11) is 4.05. The molecule has 67 heavy (non-hydrogen) atoms. The summed E-state index contributed by atoms with van der Waals surface area (Å²) in [5.74, 6) is -0.182. The number of amides is 4. The fourth-order valence-corrected chi connectivity index (χ4v) is 10.3. The molecular weight excluding hydrogens is 895 g/mol. The molecule has 2 fully saturated rings. The van der Waals surface area contributed by atoms with Crippen molar-refractivity contribution in [1.29, 1.82) is 0 Å². The molecule has 2 unspecified atom stereocenters. The molecule has 4 heterocycles. The van der Waals surface area contributed by atoms with Crippen molar-refractivity contribution in [3.63, 3.8) is 0 Å². The molecule has 0 saturated carbocycles. The van der Waals surface area contributed by atoms with E-state index in [-0.39, 0.29) is 60.8 Å². The van der Waals surface area contributed by atoms with Crippen LogP contribution < -0.4 is 26.6 Å². The van der Waals surface area contributed by atoms with E-state index in [4.69, 9.17) is 23.9 Å².